The Morgan fingerprint density at radius 1 is 1.44 bits per heavy atom. The van der Waals surface area contributed by atoms with Gasteiger partial charge in [-0.1, -0.05) is 6.92 Å². The lowest BCUT2D eigenvalue weighted by atomic mass is 10.5. The highest BCUT2D eigenvalue weighted by Gasteiger charge is 1.76. The highest BCUT2D eigenvalue weighted by molar-refractivity contribution is 5.59. The highest BCUT2D eigenvalue weighted by atomic mass is 14.9. The fourth-order valence-corrected chi connectivity index (χ4v) is 0.537. The van der Waals surface area contributed by atoms with E-state index >= 15 is 0 Å². The summed E-state index contributed by atoms with van der Waals surface area (Å²) in [5.41, 5.74) is 0. The predicted octanol–water partition coefficient (Wildman–Crippen LogP) is 1.08. The minimum atomic E-state index is 0.897. The van der Waals surface area contributed by atoms with Crippen LogP contribution in [0.15, 0.2) is 4.99 Å². The predicted molar refractivity (Wildman–Crippen MR) is 42.2 cm³/mol. The number of hydrogen-bond donors (Lipinski definition) is 1. The van der Waals surface area contributed by atoms with Crippen LogP contribution in [0.5, 0.6) is 0 Å². The molecule has 0 saturated carbocycles. The Morgan fingerprint density at radius 2 is 2.22 bits per heavy atom. The molecule has 9 heavy (non-hydrogen) atoms. The molecule has 0 atom stereocenters. The van der Waals surface area contributed by atoms with E-state index in [1.807, 2.05) is 13.1 Å². The number of rotatable bonds is 5. The molecule has 54 valence electrons. The molecule has 0 aromatic heterocycles. The summed E-state index contributed by atoms with van der Waals surface area (Å²) in [6.45, 7) is 7.10. The van der Waals surface area contributed by atoms with Gasteiger partial charge in [0.1, 0.15) is 0 Å². The Morgan fingerprint density at radius 3 is 2.78 bits per heavy atom. The third kappa shape index (κ3) is 7.63. The number of nitrogens with one attached hydrogen (secondary N) is 1. The number of hydrogen-bond acceptors (Lipinski definition) is 2. The molecular weight excluding hydrogens is 112 g/mol. The lowest BCUT2D eigenvalue weighted by molar-refractivity contribution is 0.745. The zero-order valence-electron chi connectivity index (χ0n) is 6.35. The standard InChI is InChI=1S/C7H16N2/c1-3-5-9-7-6-8-4-2/h6,9H,3-5,7H2,1-2H3. The van der Waals surface area contributed by atoms with Gasteiger partial charge in [-0.05, 0) is 19.9 Å². The Labute approximate surface area is 57.4 Å². The lowest BCUT2D eigenvalue weighted by Gasteiger charge is -1.94. The molecule has 0 fully saturated rings. The van der Waals surface area contributed by atoms with E-state index in [9.17, 15) is 0 Å². The minimum Gasteiger partial charge on any atom is -0.312 e. The molecule has 1 N–H and O–H groups in total. The van der Waals surface area contributed by atoms with Crippen molar-refractivity contribution in [3.63, 3.8) is 0 Å². The quantitative estimate of drug-likeness (QED) is 0.435. The maximum atomic E-state index is 4.06. The first-order valence-electron chi connectivity index (χ1n) is 3.60. The second kappa shape index (κ2) is 7.63. The lowest BCUT2D eigenvalue weighted by Crippen LogP contribution is -2.16. The van der Waals surface area contributed by atoms with Crippen molar-refractivity contribution >= 4 is 6.21 Å². The molecule has 0 radical (unpaired) electrons. The second-order valence-electron chi connectivity index (χ2n) is 1.89. The summed E-state index contributed by atoms with van der Waals surface area (Å²) >= 11 is 0. The molecular formula is C7H16N2. The van der Waals surface area contributed by atoms with Gasteiger partial charge >= 0.3 is 0 Å². The van der Waals surface area contributed by atoms with E-state index in [0.717, 1.165) is 19.6 Å². The number of nitrogens with zero attached hydrogens (tertiary/aromatic N) is 1. The molecule has 0 aromatic carbocycles. The topological polar surface area (TPSA) is 24.4 Å². The van der Waals surface area contributed by atoms with Gasteiger partial charge in [0.2, 0.25) is 0 Å². The highest BCUT2D eigenvalue weighted by Crippen LogP contribution is 1.67. The molecule has 0 aliphatic rings. The van der Waals surface area contributed by atoms with Gasteiger partial charge in [-0.2, -0.15) is 0 Å². The molecule has 0 rings (SSSR count). The van der Waals surface area contributed by atoms with Crippen LogP contribution in [-0.2, 0) is 0 Å². The van der Waals surface area contributed by atoms with Crippen molar-refractivity contribution in [2.75, 3.05) is 19.6 Å². The molecule has 0 amide bonds. The average molecular weight is 128 g/mol. The second-order valence-corrected chi connectivity index (χ2v) is 1.89. The van der Waals surface area contributed by atoms with Crippen LogP contribution in [-0.4, -0.2) is 25.8 Å². The van der Waals surface area contributed by atoms with Gasteiger partial charge in [0, 0.05) is 19.3 Å². The minimum absolute atomic E-state index is 0.897. The normalized spacial score (nSPS) is 10.9. The fourth-order valence-electron chi connectivity index (χ4n) is 0.537. The molecule has 2 heteroatoms. The van der Waals surface area contributed by atoms with Crippen molar-refractivity contribution in [1.29, 1.82) is 0 Å². The summed E-state index contributed by atoms with van der Waals surface area (Å²) in [5.74, 6) is 0. The van der Waals surface area contributed by atoms with Crippen molar-refractivity contribution in [2.24, 2.45) is 4.99 Å². The van der Waals surface area contributed by atoms with Crippen LogP contribution in [0.4, 0.5) is 0 Å². The van der Waals surface area contributed by atoms with Crippen LogP contribution in [0.25, 0.3) is 0 Å². The van der Waals surface area contributed by atoms with Gasteiger partial charge in [-0.15, -0.1) is 0 Å². The van der Waals surface area contributed by atoms with Crippen molar-refractivity contribution in [2.45, 2.75) is 20.3 Å². The van der Waals surface area contributed by atoms with Gasteiger partial charge in [-0.3, -0.25) is 4.99 Å². The SMILES string of the molecule is CCCNCC=NCC. The van der Waals surface area contributed by atoms with Gasteiger partial charge < -0.3 is 5.32 Å². The van der Waals surface area contributed by atoms with Crippen LogP contribution in [0.3, 0.4) is 0 Å². The van der Waals surface area contributed by atoms with Crippen LogP contribution in [0.2, 0.25) is 0 Å². The smallest absolute Gasteiger partial charge is 0.0357 e. The van der Waals surface area contributed by atoms with Crippen LogP contribution in [0, 0.1) is 0 Å². The van der Waals surface area contributed by atoms with Crippen LogP contribution in [0.1, 0.15) is 20.3 Å². The third-order valence-corrected chi connectivity index (χ3v) is 0.974. The Balaban J connectivity index is 2.82. The van der Waals surface area contributed by atoms with Crippen molar-refractivity contribution < 1.29 is 0 Å². The van der Waals surface area contributed by atoms with Crippen molar-refractivity contribution in [1.82, 2.24) is 5.32 Å². The largest absolute Gasteiger partial charge is 0.312 e. The first-order chi connectivity index (χ1) is 4.41. The van der Waals surface area contributed by atoms with Gasteiger partial charge in [-0.25, -0.2) is 0 Å². The summed E-state index contributed by atoms with van der Waals surface area (Å²) in [4.78, 5) is 4.06. The van der Waals surface area contributed by atoms with E-state index < -0.39 is 0 Å². The first kappa shape index (κ1) is 8.63. The molecule has 0 aliphatic carbocycles. The zero-order chi connectivity index (χ0) is 6.95. The van der Waals surface area contributed by atoms with E-state index in [1.165, 1.54) is 6.42 Å². The Hall–Kier alpha value is -0.370. The van der Waals surface area contributed by atoms with Gasteiger partial charge in [0.15, 0.2) is 0 Å². The Bertz CT molecular complexity index is 69.3. The maximum Gasteiger partial charge on any atom is 0.0357 e. The molecule has 0 saturated heterocycles. The van der Waals surface area contributed by atoms with Crippen LogP contribution >= 0.6 is 0 Å². The molecule has 0 spiro atoms. The third-order valence-electron chi connectivity index (χ3n) is 0.974. The molecule has 0 bridgehead atoms. The summed E-state index contributed by atoms with van der Waals surface area (Å²) in [5, 5.41) is 3.22. The van der Waals surface area contributed by atoms with E-state index in [1.54, 1.807) is 0 Å². The average Bonchev–Trinajstić information content (AvgIpc) is 1.89. The molecule has 2 nitrogen and oxygen atoms in total. The summed E-state index contributed by atoms with van der Waals surface area (Å²) in [7, 11) is 0. The van der Waals surface area contributed by atoms with E-state index in [2.05, 4.69) is 17.2 Å². The monoisotopic (exact) mass is 128 g/mol. The number of aliphatic imine (C=N–C) groups is 1. The van der Waals surface area contributed by atoms with Gasteiger partial charge in [0.25, 0.3) is 0 Å². The van der Waals surface area contributed by atoms with E-state index in [-0.39, 0.29) is 0 Å². The summed E-state index contributed by atoms with van der Waals surface area (Å²) in [6, 6.07) is 0. The van der Waals surface area contributed by atoms with Crippen molar-refractivity contribution in [3.05, 3.63) is 0 Å². The molecule has 0 unspecified atom stereocenters. The van der Waals surface area contributed by atoms with E-state index in [4.69, 9.17) is 0 Å². The van der Waals surface area contributed by atoms with Gasteiger partial charge in [0.05, 0.1) is 0 Å². The van der Waals surface area contributed by atoms with Crippen molar-refractivity contribution in [3.8, 4) is 0 Å². The molecule has 0 aromatic rings. The zero-order valence-corrected chi connectivity index (χ0v) is 6.35. The molecule has 0 heterocycles. The van der Waals surface area contributed by atoms with Crippen LogP contribution < -0.4 is 5.32 Å². The summed E-state index contributed by atoms with van der Waals surface area (Å²) < 4.78 is 0. The van der Waals surface area contributed by atoms with E-state index in [0.29, 0.717) is 0 Å². The Kier molecular flexibility index (Phi) is 7.32. The fraction of sp³-hybridized carbons (Fsp3) is 0.857. The first-order valence-corrected chi connectivity index (χ1v) is 3.60. The summed E-state index contributed by atoms with van der Waals surface area (Å²) in [6.07, 6.45) is 3.12. The molecule has 0 aliphatic heterocycles. The maximum absolute atomic E-state index is 4.06.